The van der Waals surface area contributed by atoms with Gasteiger partial charge in [0.25, 0.3) is 0 Å². The number of likely N-dealkylation sites (tertiary alicyclic amines) is 1. The Morgan fingerprint density at radius 2 is 2.03 bits per heavy atom. The van der Waals surface area contributed by atoms with Gasteiger partial charge in [0.15, 0.2) is 0 Å². The molecule has 0 aliphatic carbocycles. The Morgan fingerprint density at radius 1 is 1.22 bits per heavy atom. The summed E-state index contributed by atoms with van der Waals surface area (Å²) in [7, 11) is 1.56. The van der Waals surface area contributed by atoms with Crippen LogP contribution in [-0.4, -0.2) is 47.3 Å². The number of aryl methyl sites for hydroxylation is 1. The van der Waals surface area contributed by atoms with Gasteiger partial charge in [0.2, 0.25) is 0 Å². The fourth-order valence-corrected chi connectivity index (χ4v) is 4.65. The molecular weight excluding hydrogens is 463 g/mol. The minimum atomic E-state index is -1.05. The number of ether oxygens (including phenoxy) is 2. The molecule has 1 saturated heterocycles. The highest BCUT2D eigenvalue weighted by atomic mass is 19.1. The standard InChI is InChI=1S/C28H29FN2O5/c1-35-22-10-11-26-24(15-22)23(25(29)16-30-26)9-5-8-20-12-13-31(17-21(20)14-27(32)33)28(34)36-18-19-6-3-2-4-7-19/h2-4,6-7,10-11,14-16,20H,5,8-9,12-13,17-18H2,1H3,(H,32,33)/t20-/m1/s1. The predicted octanol–water partition coefficient (Wildman–Crippen LogP) is 5.37. The number of methoxy groups -OCH3 is 1. The van der Waals surface area contributed by atoms with E-state index in [1.54, 1.807) is 25.3 Å². The minimum absolute atomic E-state index is 0.00929. The molecule has 7 nitrogen and oxygen atoms in total. The summed E-state index contributed by atoms with van der Waals surface area (Å²) >= 11 is 0. The minimum Gasteiger partial charge on any atom is -0.497 e. The van der Waals surface area contributed by atoms with Gasteiger partial charge in [-0.05, 0) is 66.5 Å². The molecule has 0 unspecified atom stereocenters. The van der Waals surface area contributed by atoms with E-state index in [0.29, 0.717) is 60.0 Å². The van der Waals surface area contributed by atoms with Crippen molar-refractivity contribution in [2.75, 3.05) is 20.2 Å². The van der Waals surface area contributed by atoms with Crippen molar-refractivity contribution in [2.24, 2.45) is 5.92 Å². The van der Waals surface area contributed by atoms with Crippen LogP contribution in [0.5, 0.6) is 5.75 Å². The first-order valence-corrected chi connectivity index (χ1v) is 11.9. The Bertz CT molecular complexity index is 1260. The maximum Gasteiger partial charge on any atom is 0.410 e. The second kappa shape index (κ2) is 11.7. The molecule has 1 atom stereocenters. The van der Waals surface area contributed by atoms with Crippen molar-refractivity contribution in [3.63, 3.8) is 0 Å². The molecule has 0 radical (unpaired) electrons. The number of carbonyl (C=O) groups excluding carboxylic acids is 1. The van der Waals surface area contributed by atoms with Gasteiger partial charge in [0, 0.05) is 24.6 Å². The number of piperidine rings is 1. The van der Waals surface area contributed by atoms with Gasteiger partial charge in [-0.25, -0.2) is 14.0 Å². The zero-order valence-electron chi connectivity index (χ0n) is 20.2. The van der Waals surface area contributed by atoms with Gasteiger partial charge in [-0.1, -0.05) is 30.3 Å². The second-order valence-corrected chi connectivity index (χ2v) is 8.86. The Hall–Kier alpha value is -3.94. The van der Waals surface area contributed by atoms with Gasteiger partial charge in [-0.15, -0.1) is 0 Å². The van der Waals surface area contributed by atoms with Gasteiger partial charge < -0.3 is 19.5 Å². The smallest absolute Gasteiger partial charge is 0.410 e. The van der Waals surface area contributed by atoms with Crippen molar-refractivity contribution in [3.05, 3.63) is 83.3 Å². The van der Waals surface area contributed by atoms with E-state index in [1.165, 1.54) is 17.2 Å². The van der Waals surface area contributed by atoms with Crippen LogP contribution in [0.4, 0.5) is 9.18 Å². The molecule has 36 heavy (non-hydrogen) atoms. The van der Waals surface area contributed by atoms with Crippen LogP contribution in [-0.2, 0) is 22.6 Å². The Balaban J connectivity index is 1.39. The predicted molar refractivity (Wildman–Crippen MR) is 133 cm³/mol. The van der Waals surface area contributed by atoms with Gasteiger partial charge in [-0.2, -0.15) is 0 Å². The molecule has 8 heteroatoms. The molecule has 2 heterocycles. The van der Waals surface area contributed by atoms with E-state index in [4.69, 9.17) is 9.47 Å². The highest BCUT2D eigenvalue weighted by Gasteiger charge is 2.28. The molecule has 3 aromatic rings. The summed E-state index contributed by atoms with van der Waals surface area (Å²) in [5.74, 6) is -0.792. The van der Waals surface area contributed by atoms with Crippen molar-refractivity contribution in [3.8, 4) is 5.75 Å². The molecule has 1 aromatic heterocycles. The second-order valence-electron chi connectivity index (χ2n) is 8.86. The zero-order chi connectivity index (χ0) is 25.5. The molecule has 1 aliphatic heterocycles. The van der Waals surface area contributed by atoms with Crippen LogP contribution in [0.3, 0.4) is 0 Å². The Morgan fingerprint density at radius 3 is 2.78 bits per heavy atom. The molecule has 4 rings (SSSR count). The number of carboxylic acids is 1. The molecule has 188 valence electrons. The first-order valence-electron chi connectivity index (χ1n) is 11.9. The van der Waals surface area contributed by atoms with Crippen LogP contribution in [0.25, 0.3) is 10.9 Å². The van der Waals surface area contributed by atoms with E-state index in [1.807, 2.05) is 30.3 Å². The average molecular weight is 493 g/mol. The van der Waals surface area contributed by atoms with Crippen molar-refractivity contribution < 1.29 is 28.6 Å². The Labute approximate surface area is 209 Å². The molecule has 1 amide bonds. The average Bonchev–Trinajstić information content (AvgIpc) is 2.89. The lowest BCUT2D eigenvalue weighted by atomic mass is 9.86. The number of aliphatic carboxylic acids is 1. The van der Waals surface area contributed by atoms with E-state index >= 15 is 0 Å². The number of pyridine rings is 1. The van der Waals surface area contributed by atoms with Crippen molar-refractivity contribution in [1.82, 2.24) is 9.88 Å². The number of hydrogen-bond donors (Lipinski definition) is 1. The topological polar surface area (TPSA) is 89.0 Å². The number of hydrogen-bond acceptors (Lipinski definition) is 5. The number of aromatic nitrogens is 1. The third-order valence-corrected chi connectivity index (χ3v) is 6.53. The highest BCUT2D eigenvalue weighted by Crippen LogP contribution is 2.30. The zero-order valence-corrected chi connectivity index (χ0v) is 20.2. The lowest BCUT2D eigenvalue weighted by Gasteiger charge is -2.33. The molecular formula is C28H29FN2O5. The van der Waals surface area contributed by atoms with Gasteiger partial charge >= 0.3 is 12.1 Å². The number of carbonyl (C=O) groups is 2. The first kappa shape index (κ1) is 25.2. The van der Waals surface area contributed by atoms with Crippen LogP contribution in [0, 0.1) is 11.7 Å². The number of benzene rings is 2. The van der Waals surface area contributed by atoms with E-state index in [9.17, 15) is 19.1 Å². The molecule has 0 spiro atoms. The maximum absolute atomic E-state index is 14.7. The van der Waals surface area contributed by atoms with Crippen LogP contribution < -0.4 is 4.74 Å². The molecule has 0 saturated carbocycles. The fraction of sp³-hybridized carbons (Fsp3) is 0.321. The van der Waals surface area contributed by atoms with Crippen LogP contribution in [0.1, 0.15) is 30.4 Å². The summed E-state index contributed by atoms with van der Waals surface area (Å²) in [4.78, 5) is 29.8. The number of nitrogens with zero attached hydrogens (tertiary/aromatic N) is 2. The van der Waals surface area contributed by atoms with Crippen molar-refractivity contribution >= 4 is 23.0 Å². The normalized spacial score (nSPS) is 16.8. The maximum atomic E-state index is 14.7. The number of carboxylic acid groups (broad SMARTS) is 1. The van der Waals surface area contributed by atoms with E-state index in [0.717, 1.165) is 5.56 Å². The summed E-state index contributed by atoms with van der Waals surface area (Å²) in [6.45, 7) is 0.834. The summed E-state index contributed by atoms with van der Waals surface area (Å²) < 4.78 is 25.4. The first-order chi connectivity index (χ1) is 17.4. The quantitative estimate of drug-likeness (QED) is 0.425. The summed E-state index contributed by atoms with van der Waals surface area (Å²) in [6, 6.07) is 14.8. The van der Waals surface area contributed by atoms with Gasteiger partial charge in [-0.3, -0.25) is 4.98 Å². The van der Waals surface area contributed by atoms with Gasteiger partial charge in [0.05, 0.1) is 18.8 Å². The largest absolute Gasteiger partial charge is 0.497 e. The summed E-state index contributed by atoms with van der Waals surface area (Å²) in [5, 5.41) is 10.1. The van der Waals surface area contributed by atoms with E-state index in [2.05, 4.69) is 4.98 Å². The number of fused-ring (bicyclic) bond motifs is 1. The Kier molecular flexibility index (Phi) is 8.15. The molecule has 1 aliphatic rings. The fourth-order valence-electron chi connectivity index (χ4n) is 4.65. The monoisotopic (exact) mass is 492 g/mol. The van der Waals surface area contributed by atoms with E-state index in [-0.39, 0.29) is 24.9 Å². The molecule has 0 bridgehead atoms. The number of halogens is 1. The molecule has 1 fully saturated rings. The van der Waals surface area contributed by atoms with Gasteiger partial charge in [0.1, 0.15) is 18.2 Å². The summed E-state index contributed by atoms with van der Waals surface area (Å²) in [5.41, 5.74) is 2.83. The molecule has 1 N–H and O–H groups in total. The van der Waals surface area contributed by atoms with Crippen molar-refractivity contribution in [2.45, 2.75) is 32.3 Å². The van der Waals surface area contributed by atoms with E-state index < -0.39 is 12.1 Å². The number of amides is 1. The SMILES string of the molecule is COc1ccc2ncc(F)c(CCC[C@@H]3CCN(C(=O)OCc4ccccc4)CC3=CC(=O)O)c2c1. The van der Waals surface area contributed by atoms with Crippen LogP contribution in [0.2, 0.25) is 0 Å². The van der Waals surface area contributed by atoms with Crippen LogP contribution >= 0.6 is 0 Å². The lowest BCUT2D eigenvalue weighted by Crippen LogP contribution is -2.40. The molecule has 2 aromatic carbocycles. The third kappa shape index (κ3) is 6.19. The number of rotatable bonds is 8. The lowest BCUT2D eigenvalue weighted by molar-refractivity contribution is -0.131. The highest BCUT2D eigenvalue weighted by molar-refractivity contribution is 5.83. The van der Waals surface area contributed by atoms with Crippen LogP contribution in [0.15, 0.2) is 66.4 Å². The third-order valence-electron chi connectivity index (χ3n) is 6.53. The summed E-state index contributed by atoms with van der Waals surface area (Å²) in [6.07, 6.45) is 4.40. The van der Waals surface area contributed by atoms with Crippen molar-refractivity contribution in [1.29, 1.82) is 0 Å².